The van der Waals surface area contributed by atoms with Crippen LogP contribution < -0.4 is 5.32 Å². The number of methoxy groups -OCH3 is 1. The smallest absolute Gasteiger partial charge is 0.357 e. The zero-order chi connectivity index (χ0) is 10.8. The fourth-order valence-electron chi connectivity index (χ4n) is 0.850. The van der Waals surface area contributed by atoms with Crippen molar-refractivity contribution in [3.05, 3.63) is 11.1 Å². The minimum absolute atomic E-state index is 0.0504. The zero-order valence-electron chi connectivity index (χ0n) is 8.75. The summed E-state index contributed by atoms with van der Waals surface area (Å²) in [6.45, 7) is 6.10. The van der Waals surface area contributed by atoms with E-state index in [4.69, 9.17) is 0 Å². The summed E-state index contributed by atoms with van der Waals surface area (Å²) in [5, 5.41) is 5.59. The highest BCUT2D eigenvalue weighted by Gasteiger charge is 2.14. The zero-order valence-corrected chi connectivity index (χ0v) is 9.57. The first-order chi connectivity index (χ1) is 6.42. The summed E-state index contributed by atoms with van der Waals surface area (Å²) in [4.78, 5) is 15.2. The molecule has 0 saturated carbocycles. The minimum Gasteiger partial charge on any atom is -0.464 e. The molecule has 0 saturated heterocycles. The molecule has 1 aromatic heterocycles. The van der Waals surface area contributed by atoms with Crippen LogP contribution in [-0.2, 0) is 4.74 Å². The van der Waals surface area contributed by atoms with E-state index in [1.54, 1.807) is 5.38 Å². The Morgan fingerprint density at radius 3 is 2.71 bits per heavy atom. The van der Waals surface area contributed by atoms with Gasteiger partial charge >= 0.3 is 5.97 Å². The summed E-state index contributed by atoms with van der Waals surface area (Å²) in [6.07, 6.45) is 0. The van der Waals surface area contributed by atoms with Crippen molar-refractivity contribution in [3.63, 3.8) is 0 Å². The molecule has 0 spiro atoms. The van der Waals surface area contributed by atoms with Crippen LogP contribution in [0.25, 0.3) is 0 Å². The number of nitrogens with one attached hydrogen (secondary N) is 1. The predicted molar refractivity (Wildman–Crippen MR) is 56.8 cm³/mol. The maximum atomic E-state index is 11.1. The number of aromatic nitrogens is 1. The average molecular weight is 214 g/mol. The summed E-state index contributed by atoms with van der Waals surface area (Å²) in [5.41, 5.74) is 0.301. The van der Waals surface area contributed by atoms with E-state index in [1.165, 1.54) is 18.4 Å². The summed E-state index contributed by atoms with van der Waals surface area (Å²) in [6, 6.07) is 0. The van der Waals surface area contributed by atoms with Gasteiger partial charge in [-0.15, -0.1) is 11.3 Å². The molecule has 1 aromatic rings. The van der Waals surface area contributed by atoms with Crippen molar-refractivity contribution in [1.29, 1.82) is 0 Å². The monoisotopic (exact) mass is 214 g/mol. The van der Waals surface area contributed by atoms with Gasteiger partial charge in [0.2, 0.25) is 0 Å². The van der Waals surface area contributed by atoms with Gasteiger partial charge in [-0.3, -0.25) is 0 Å². The van der Waals surface area contributed by atoms with Gasteiger partial charge in [-0.25, -0.2) is 9.78 Å². The molecule has 78 valence electrons. The lowest BCUT2D eigenvalue weighted by atomic mass is 10.1. The van der Waals surface area contributed by atoms with E-state index in [1.807, 2.05) is 20.8 Å². The molecule has 1 N–H and O–H groups in total. The standard InChI is InChI=1S/C9H14N2O2S/c1-9(2,3)11-8-10-6(5-14-8)7(12)13-4/h5H,1-4H3,(H,10,11). The van der Waals surface area contributed by atoms with Gasteiger partial charge in [0.15, 0.2) is 10.8 Å². The largest absolute Gasteiger partial charge is 0.464 e. The molecule has 14 heavy (non-hydrogen) atoms. The maximum absolute atomic E-state index is 11.1. The van der Waals surface area contributed by atoms with Crippen molar-refractivity contribution < 1.29 is 9.53 Å². The van der Waals surface area contributed by atoms with E-state index in [2.05, 4.69) is 15.0 Å². The third kappa shape index (κ3) is 2.99. The molecule has 0 aliphatic heterocycles. The lowest BCUT2D eigenvalue weighted by Crippen LogP contribution is -2.25. The fourth-order valence-corrected chi connectivity index (χ4v) is 1.74. The third-order valence-corrected chi connectivity index (χ3v) is 2.14. The molecule has 4 nitrogen and oxygen atoms in total. The Balaban J connectivity index is 2.74. The normalized spacial score (nSPS) is 11.1. The molecule has 0 amide bonds. The summed E-state index contributed by atoms with van der Waals surface area (Å²) in [7, 11) is 1.35. The number of esters is 1. The van der Waals surface area contributed by atoms with E-state index < -0.39 is 5.97 Å². The second-order valence-electron chi connectivity index (χ2n) is 3.90. The molecule has 0 radical (unpaired) electrons. The first-order valence-corrected chi connectivity index (χ1v) is 5.12. The van der Waals surface area contributed by atoms with Crippen LogP contribution in [0.5, 0.6) is 0 Å². The van der Waals surface area contributed by atoms with Gasteiger partial charge in [0.05, 0.1) is 7.11 Å². The van der Waals surface area contributed by atoms with E-state index in [-0.39, 0.29) is 5.54 Å². The van der Waals surface area contributed by atoms with Crippen LogP contribution in [-0.4, -0.2) is 23.6 Å². The molecule has 5 heteroatoms. The van der Waals surface area contributed by atoms with Gasteiger partial charge in [0.25, 0.3) is 0 Å². The van der Waals surface area contributed by atoms with Crippen LogP contribution in [0, 0.1) is 0 Å². The second-order valence-corrected chi connectivity index (χ2v) is 4.76. The number of nitrogens with zero attached hydrogens (tertiary/aromatic N) is 1. The van der Waals surface area contributed by atoms with E-state index in [9.17, 15) is 4.79 Å². The van der Waals surface area contributed by atoms with Crippen LogP contribution in [0.1, 0.15) is 31.3 Å². The number of ether oxygens (including phenoxy) is 1. The maximum Gasteiger partial charge on any atom is 0.357 e. The molecule has 0 aromatic carbocycles. The topological polar surface area (TPSA) is 51.2 Å². The highest BCUT2D eigenvalue weighted by atomic mass is 32.1. The molecular weight excluding hydrogens is 200 g/mol. The first kappa shape index (κ1) is 11.0. The number of carbonyl (C=O) groups is 1. The second kappa shape index (κ2) is 3.96. The Bertz CT molecular complexity index is 328. The number of rotatable bonds is 2. The summed E-state index contributed by atoms with van der Waals surface area (Å²) < 4.78 is 4.56. The van der Waals surface area contributed by atoms with Crippen molar-refractivity contribution in [2.24, 2.45) is 0 Å². The fraction of sp³-hybridized carbons (Fsp3) is 0.556. The van der Waals surface area contributed by atoms with Crippen molar-refractivity contribution in [3.8, 4) is 0 Å². The van der Waals surface area contributed by atoms with Crippen LogP contribution in [0.15, 0.2) is 5.38 Å². The molecule has 0 fully saturated rings. The number of hydrogen-bond acceptors (Lipinski definition) is 5. The highest BCUT2D eigenvalue weighted by molar-refractivity contribution is 7.13. The molecule has 0 atom stereocenters. The van der Waals surface area contributed by atoms with Crippen molar-refractivity contribution in [2.45, 2.75) is 26.3 Å². The van der Waals surface area contributed by atoms with Crippen LogP contribution in [0.4, 0.5) is 5.13 Å². The predicted octanol–water partition coefficient (Wildman–Crippen LogP) is 2.14. The van der Waals surface area contributed by atoms with Gasteiger partial charge in [-0.2, -0.15) is 0 Å². The quantitative estimate of drug-likeness (QED) is 0.766. The Kier molecular flexibility index (Phi) is 3.10. The number of thiazole rings is 1. The van der Waals surface area contributed by atoms with Gasteiger partial charge in [-0.1, -0.05) is 0 Å². The number of hydrogen-bond donors (Lipinski definition) is 1. The van der Waals surface area contributed by atoms with Gasteiger partial charge in [0, 0.05) is 10.9 Å². The Labute approximate surface area is 87.3 Å². The summed E-state index contributed by atoms with van der Waals surface area (Å²) >= 11 is 1.40. The van der Waals surface area contributed by atoms with Gasteiger partial charge in [-0.05, 0) is 20.8 Å². The Hall–Kier alpha value is -1.10. The molecule has 0 unspecified atom stereocenters. The van der Waals surface area contributed by atoms with Gasteiger partial charge in [0.1, 0.15) is 0 Å². The Morgan fingerprint density at radius 1 is 1.57 bits per heavy atom. The molecule has 1 heterocycles. The molecule has 0 aliphatic rings. The van der Waals surface area contributed by atoms with Crippen LogP contribution in [0.3, 0.4) is 0 Å². The third-order valence-electron chi connectivity index (χ3n) is 1.38. The molecule has 0 bridgehead atoms. The van der Waals surface area contributed by atoms with Gasteiger partial charge < -0.3 is 10.1 Å². The Morgan fingerprint density at radius 2 is 2.21 bits per heavy atom. The highest BCUT2D eigenvalue weighted by Crippen LogP contribution is 2.19. The molecule has 0 aliphatic carbocycles. The van der Waals surface area contributed by atoms with Crippen LogP contribution in [0.2, 0.25) is 0 Å². The lowest BCUT2D eigenvalue weighted by molar-refractivity contribution is 0.0595. The number of anilines is 1. The van der Waals surface area contributed by atoms with Crippen molar-refractivity contribution >= 4 is 22.4 Å². The van der Waals surface area contributed by atoms with Crippen LogP contribution >= 0.6 is 11.3 Å². The lowest BCUT2D eigenvalue weighted by Gasteiger charge is -2.19. The average Bonchev–Trinajstić information content (AvgIpc) is 2.48. The molecule has 1 rings (SSSR count). The van der Waals surface area contributed by atoms with E-state index in [0.29, 0.717) is 5.69 Å². The van der Waals surface area contributed by atoms with E-state index >= 15 is 0 Å². The molecular formula is C9H14N2O2S. The van der Waals surface area contributed by atoms with Crippen molar-refractivity contribution in [2.75, 3.05) is 12.4 Å². The SMILES string of the molecule is COC(=O)c1csc(NC(C)(C)C)n1. The minimum atomic E-state index is -0.400. The van der Waals surface area contributed by atoms with Crippen molar-refractivity contribution in [1.82, 2.24) is 4.98 Å². The first-order valence-electron chi connectivity index (χ1n) is 4.24. The van der Waals surface area contributed by atoms with E-state index in [0.717, 1.165) is 5.13 Å². The number of carbonyl (C=O) groups excluding carboxylic acids is 1. The summed E-state index contributed by atoms with van der Waals surface area (Å²) in [5.74, 6) is -0.400.